The fourth-order valence-electron chi connectivity index (χ4n) is 3.38. The van der Waals surface area contributed by atoms with Gasteiger partial charge >= 0.3 is 0 Å². The van der Waals surface area contributed by atoms with Crippen LogP contribution in [-0.2, 0) is 11.2 Å². The van der Waals surface area contributed by atoms with Gasteiger partial charge in [0.05, 0.1) is 18.2 Å². The summed E-state index contributed by atoms with van der Waals surface area (Å²) < 4.78 is 38.6. The number of hydrogen-bond acceptors (Lipinski definition) is 5. The molecule has 0 bridgehead atoms. The number of ether oxygens (including phenoxy) is 2. The van der Waals surface area contributed by atoms with Gasteiger partial charge in [0, 0.05) is 32.0 Å². The topological polar surface area (TPSA) is 51.7 Å². The van der Waals surface area contributed by atoms with Crippen LogP contribution < -0.4 is 9.47 Å². The van der Waals surface area contributed by atoms with Gasteiger partial charge in [-0.25, -0.2) is 8.78 Å². The Morgan fingerprint density at radius 3 is 2.62 bits per heavy atom. The Labute approximate surface area is 170 Å². The highest BCUT2D eigenvalue weighted by atomic mass is 32.1. The number of thiazole rings is 1. The Bertz CT molecular complexity index is 1010. The molecule has 0 spiro atoms. The van der Waals surface area contributed by atoms with Crippen LogP contribution in [0.2, 0.25) is 0 Å². The molecule has 4 rings (SSSR count). The second kappa shape index (κ2) is 8.32. The van der Waals surface area contributed by atoms with Gasteiger partial charge in [0.15, 0.2) is 5.82 Å². The summed E-state index contributed by atoms with van der Waals surface area (Å²) >= 11 is 1.13. The van der Waals surface area contributed by atoms with Crippen molar-refractivity contribution in [1.29, 1.82) is 0 Å². The molecule has 1 aromatic heterocycles. The van der Waals surface area contributed by atoms with Crippen LogP contribution in [0, 0.1) is 11.6 Å². The zero-order valence-electron chi connectivity index (χ0n) is 15.9. The second-order valence-electron chi connectivity index (χ2n) is 6.94. The van der Waals surface area contributed by atoms with E-state index in [9.17, 15) is 13.6 Å². The van der Waals surface area contributed by atoms with Crippen molar-refractivity contribution >= 4 is 27.5 Å². The molecular formula is C21H20F2N2O3S. The maximum absolute atomic E-state index is 13.8. The minimum absolute atomic E-state index is 0.0751. The Morgan fingerprint density at radius 2 is 1.93 bits per heavy atom. The average Bonchev–Trinajstić information content (AvgIpc) is 3.11. The zero-order valence-corrected chi connectivity index (χ0v) is 16.7. The van der Waals surface area contributed by atoms with Gasteiger partial charge in [-0.15, -0.1) is 0 Å². The molecule has 0 N–H and O–H groups in total. The lowest BCUT2D eigenvalue weighted by Gasteiger charge is -2.31. The average molecular weight is 418 g/mol. The van der Waals surface area contributed by atoms with Crippen molar-refractivity contribution in [3.63, 3.8) is 0 Å². The molecule has 1 aliphatic heterocycles. The molecule has 0 atom stereocenters. The van der Waals surface area contributed by atoms with E-state index < -0.39 is 11.6 Å². The van der Waals surface area contributed by atoms with Crippen LogP contribution in [0.15, 0.2) is 36.4 Å². The van der Waals surface area contributed by atoms with Crippen LogP contribution >= 0.6 is 11.3 Å². The van der Waals surface area contributed by atoms with Crippen molar-refractivity contribution in [2.75, 3.05) is 20.2 Å². The maximum atomic E-state index is 13.8. The standard InChI is InChI=1S/C21H20F2N2O3S/c1-27-15-4-2-13(3-5-15)10-19(26)25-8-6-16(7-9-25)28-21-24-20-17(23)11-14(22)12-18(20)29-21/h2-5,11-12,16H,6-10H2,1H3. The molecule has 3 aromatic rings. The molecule has 152 valence electrons. The lowest BCUT2D eigenvalue weighted by molar-refractivity contribution is -0.132. The third-order valence-electron chi connectivity index (χ3n) is 4.97. The Hall–Kier alpha value is -2.74. The third kappa shape index (κ3) is 4.48. The van der Waals surface area contributed by atoms with Gasteiger partial charge in [-0.1, -0.05) is 23.5 Å². The number of fused-ring (bicyclic) bond motifs is 1. The fourth-order valence-corrected chi connectivity index (χ4v) is 4.30. The van der Waals surface area contributed by atoms with Crippen LogP contribution in [0.3, 0.4) is 0 Å². The molecule has 0 radical (unpaired) electrons. The number of amides is 1. The molecule has 29 heavy (non-hydrogen) atoms. The smallest absolute Gasteiger partial charge is 0.274 e. The largest absolute Gasteiger partial charge is 0.497 e. The van der Waals surface area contributed by atoms with Crippen molar-refractivity contribution in [2.24, 2.45) is 0 Å². The molecule has 1 fully saturated rings. The van der Waals surface area contributed by atoms with E-state index in [1.807, 2.05) is 29.2 Å². The number of nitrogens with zero attached hydrogens (tertiary/aromatic N) is 2. The summed E-state index contributed by atoms with van der Waals surface area (Å²) in [6.07, 6.45) is 1.58. The van der Waals surface area contributed by atoms with Crippen molar-refractivity contribution < 1.29 is 23.0 Å². The zero-order chi connectivity index (χ0) is 20.4. The number of likely N-dealkylation sites (tertiary alicyclic amines) is 1. The Balaban J connectivity index is 1.32. The Morgan fingerprint density at radius 1 is 1.21 bits per heavy atom. The summed E-state index contributed by atoms with van der Waals surface area (Å²) in [5.74, 6) is -0.485. The monoisotopic (exact) mass is 418 g/mol. The SMILES string of the molecule is COc1ccc(CC(=O)N2CCC(Oc3nc4c(F)cc(F)cc4s3)CC2)cc1. The molecule has 1 amide bonds. The van der Waals surface area contributed by atoms with Crippen LogP contribution in [-0.4, -0.2) is 42.1 Å². The number of benzene rings is 2. The molecular weight excluding hydrogens is 398 g/mol. The highest BCUT2D eigenvalue weighted by Crippen LogP contribution is 2.32. The summed E-state index contributed by atoms with van der Waals surface area (Å²) in [6, 6.07) is 9.54. The highest BCUT2D eigenvalue weighted by Gasteiger charge is 2.25. The third-order valence-corrected chi connectivity index (χ3v) is 5.86. The lowest BCUT2D eigenvalue weighted by Crippen LogP contribution is -2.42. The summed E-state index contributed by atoms with van der Waals surface area (Å²) in [5.41, 5.74) is 1.07. The van der Waals surface area contributed by atoms with Gasteiger partial charge in [-0.3, -0.25) is 4.79 Å². The molecule has 2 aromatic carbocycles. The van der Waals surface area contributed by atoms with Crippen molar-refractivity contribution in [2.45, 2.75) is 25.4 Å². The van der Waals surface area contributed by atoms with E-state index in [2.05, 4.69) is 4.98 Å². The number of halogens is 2. The minimum atomic E-state index is -0.690. The van der Waals surface area contributed by atoms with E-state index in [0.29, 0.717) is 42.2 Å². The number of rotatable bonds is 5. The molecule has 0 unspecified atom stereocenters. The van der Waals surface area contributed by atoms with E-state index in [0.717, 1.165) is 28.7 Å². The van der Waals surface area contributed by atoms with Crippen molar-refractivity contribution in [3.05, 3.63) is 53.6 Å². The number of hydrogen-bond donors (Lipinski definition) is 0. The van der Waals surface area contributed by atoms with E-state index in [4.69, 9.17) is 9.47 Å². The first-order chi connectivity index (χ1) is 14.0. The summed E-state index contributed by atoms with van der Waals surface area (Å²) in [4.78, 5) is 18.5. The number of carbonyl (C=O) groups excluding carboxylic acids is 1. The fraction of sp³-hybridized carbons (Fsp3) is 0.333. The summed E-state index contributed by atoms with van der Waals surface area (Å²) in [5, 5.41) is 0.326. The lowest BCUT2D eigenvalue weighted by atomic mass is 10.1. The number of piperidine rings is 1. The first-order valence-corrected chi connectivity index (χ1v) is 10.2. The normalized spacial score (nSPS) is 14.9. The van der Waals surface area contributed by atoms with Crippen LogP contribution in [0.5, 0.6) is 10.9 Å². The Kier molecular flexibility index (Phi) is 5.62. The van der Waals surface area contributed by atoms with Crippen LogP contribution in [0.25, 0.3) is 10.2 Å². The second-order valence-corrected chi connectivity index (χ2v) is 7.93. The van der Waals surface area contributed by atoms with Gasteiger partial charge < -0.3 is 14.4 Å². The van der Waals surface area contributed by atoms with Gasteiger partial charge in [0.2, 0.25) is 5.91 Å². The minimum Gasteiger partial charge on any atom is -0.497 e. The van der Waals surface area contributed by atoms with Gasteiger partial charge in [0.25, 0.3) is 5.19 Å². The number of aromatic nitrogens is 1. The van der Waals surface area contributed by atoms with Crippen LogP contribution in [0.1, 0.15) is 18.4 Å². The first-order valence-electron chi connectivity index (χ1n) is 9.35. The quantitative estimate of drug-likeness (QED) is 0.623. The number of methoxy groups -OCH3 is 1. The number of carbonyl (C=O) groups is 1. The summed E-state index contributed by atoms with van der Waals surface area (Å²) in [7, 11) is 1.61. The maximum Gasteiger partial charge on any atom is 0.274 e. The van der Waals surface area contributed by atoms with Gasteiger partial charge in [-0.05, 0) is 23.8 Å². The van der Waals surface area contributed by atoms with Gasteiger partial charge in [0.1, 0.15) is 23.2 Å². The molecule has 2 heterocycles. The molecule has 1 saturated heterocycles. The van der Waals surface area contributed by atoms with E-state index in [1.54, 1.807) is 7.11 Å². The molecule has 0 saturated carbocycles. The van der Waals surface area contributed by atoms with E-state index in [-0.39, 0.29) is 17.5 Å². The molecule has 1 aliphatic rings. The van der Waals surface area contributed by atoms with Crippen LogP contribution in [0.4, 0.5) is 8.78 Å². The predicted molar refractivity (Wildman–Crippen MR) is 106 cm³/mol. The van der Waals surface area contributed by atoms with Gasteiger partial charge in [-0.2, -0.15) is 4.98 Å². The summed E-state index contributed by atoms with van der Waals surface area (Å²) in [6.45, 7) is 1.18. The van der Waals surface area contributed by atoms with Crippen molar-refractivity contribution in [3.8, 4) is 10.9 Å². The van der Waals surface area contributed by atoms with E-state index >= 15 is 0 Å². The molecule has 0 aliphatic carbocycles. The highest BCUT2D eigenvalue weighted by molar-refractivity contribution is 7.20. The predicted octanol–water partition coefficient (Wildman–Crippen LogP) is 4.20. The molecule has 8 heteroatoms. The van der Waals surface area contributed by atoms with Crippen molar-refractivity contribution in [1.82, 2.24) is 9.88 Å². The molecule has 5 nitrogen and oxygen atoms in total. The first kappa shape index (κ1) is 19.6. The van der Waals surface area contributed by atoms with E-state index in [1.165, 1.54) is 6.07 Å².